The van der Waals surface area contributed by atoms with Crippen LogP contribution in [0.1, 0.15) is 10.4 Å². The quantitative estimate of drug-likeness (QED) is 0.632. The summed E-state index contributed by atoms with van der Waals surface area (Å²) in [6, 6.07) is 13.5. The number of amides is 1. The molecule has 0 aromatic heterocycles. The highest BCUT2D eigenvalue weighted by atomic mass is 19.1. The summed E-state index contributed by atoms with van der Waals surface area (Å²) in [7, 11) is 1.38. The van der Waals surface area contributed by atoms with Gasteiger partial charge in [0, 0.05) is 31.9 Å². The number of ether oxygens (including phenoxy) is 1. The molecule has 0 saturated carbocycles. The van der Waals surface area contributed by atoms with Crippen molar-refractivity contribution in [3.63, 3.8) is 0 Å². The van der Waals surface area contributed by atoms with Gasteiger partial charge in [-0.15, -0.1) is 0 Å². The van der Waals surface area contributed by atoms with Gasteiger partial charge in [-0.1, -0.05) is 18.2 Å². The van der Waals surface area contributed by atoms with Crippen LogP contribution in [0.15, 0.2) is 48.5 Å². The molecule has 0 radical (unpaired) electrons. The number of carbonyl (C=O) groups is 2. The number of anilines is 1. The molecule has 2 aromatic carbocycles. The molecular weight excluding hydrogens is 323 g/mol. The summed E-state index contributed by atoms with van der Waals surface area (Å²) in [6.45, 7) is 2.17. The zero-order chi connectivity index (χ0) is 17.8. The average Bonchev–Trinajstić information content (AvgIpc) is 2.67. The van der Waals surface area contributed by atoms with Gasteiger partial charge < -0.3 is 14.5 Å². The van der Waals surface area contributed by atoms with E-state index in [-0.39, 0.29) is 11.3 Å². The van der Waals surface area contributed by atoms with Crippen molar-refractivity contribution in [3.8, 4) is 5.75 Å². The Morgan fingerprint density at radius 1 is 1.00 bits per heavy atom. The van der Waals surface area contributed by atoms with Crippen LogP contribution in [-0.4, -0.2) is 49.9 Å². The molecule has 25 heavy (non-hydrogen) atoms. The number of piperazine rings is 1. The summed E-state index contributed by atoms with van der Waals surface area (Å²) in [6.07, 6.45) is 0. The molecule has 6 heteroatoms. The van der Waals surface area contributed by atoms with Crippen molar-refractivity contribution in [2.45, 2.75) is 0 Å². The number of hydrogen-bond acceptors (Lipinski definition) is 4. The van der Waals surface area contributed by atoms with Crippen LogP contribution >= 0.6 is 0 Å². The highest BCUT2D eigenvalue weighted by Crippen LogP contribution is 2.21. The number of hydrogen-bond donors (Lipinski definition) is 0. The van der Waals surface area contributed by atoms with Crippen LogP contribution in [0.3, 0.4) is 0 Å². The fourth-order valence-corrected chi connectivity index (χ4v) is 2.92. The summed E-state index contributed by atoms with van der Waals surface area (Å²) < 4.78 is 18.5. The van der Waals surface area contributed by atoms with Crippen molar-refractivity contribution in [1.82, 2.24) is 4.90 Å². The monoisotopic (exact) mass is 342 g/mol. The van der Waals surface area contributed by atoms with Gasteiger partial charge in [0.1, 0.15) is 11.6 Å². The molecule has 2 aromatic rings. The zero-order valence-corrected chi connectivity index (χ0v) is 13.9. The fraction of sp³-hybridized carbons (Fsp3) is 0.263. The second-order valence-corrected chi connectivity index (χ2v) is 5.79. The maximum Gasteiger partial charge on any atom is 0.295 e. The number of para-hydroxylation sites is 1. The summed E-state index contributed by atoms with van der Waals surface area (Å²) in [5.41, 5.74) is 1.05. The molecule has 1 aliphatic heterocycles. The minimum absolute atomic E-state index is 0.0435. The number of methoxy groups -OCH3 is 1. The van der Waals surface area contributed by atoms with E-state index >= 15 is 0 Å². The fourth-order valence-electron chi connectivity index (χ4n) is 2.92. The van der Waals surface area contributed by atoms with Crippen molar-refractivity contribution in [2.24, 2.45) is 0 Å². The minimum atomic E-state index is -0.746. The summed E-state index contributed by atoms with van der Waals surface area (Å²) in [4.78, 5) is 28.6. The van der Waals surface area contributed by atoms with Crippen LogP contribution in [0.4, 0.5) is 10.1 Å². The maximum atomic E-state index is 13.4. The van der Waals surface area contributed by atoms with Crippen molar-refractivity contribution < 1.29 is 18.7 Å². The first kappa shape index (κ1) is 17.0. The average molecular weight is 342 g/mol. The highest BCUT2D eigenvalue weighted by Gasteiger charge is 2.29. The molecule has 0 aliphatic carbocycles. The predicted molar refractivity (Wildman–Crippen MR) is 92.5 cm³/mol. The van der Waals surface area contributed by atoms with Crippen molar-refractivity contribution in [2.75, 3.05) is 38.2 Å². The lowest BCUT2D eigenvalue weighted by molar-refractivity contribution is -0.126. The molecule has 0 atom stereocenters. The Kier molecular flexibility index (Phi) is 4.97. The van der Waals surface area contributed by atoms with Crippen LogP contribution in [0, 0.1) is 5.82 Å². The molecule has 3 rings (SSSR count). The Labute approximate surface area is 145 Å². The Bertz CT molecular complexity index is 771. The Morgan fingerprint density at radius 3 is 2.32 bits per heavy atom. The van der Waals surface area contributed by atoms with Gasteiger partial charge in [0.25, 0.3) is 11.7 Å². The summed E-state index contributed by atoms with van der Waals surface area (Å²) in [5.74, 6) is -1.75. The first-order valence-corrected chi connectivity index (χ1v) is 8.07. The topological polar surface area (TPSA) is 49.9 Å². The predicted octanol–water partition coefficient (Wildman–Crippen LogP) is 2.37. The third kappa shape index (κ3) is 3.63. The van der Waals surface area contributed by atoms with Crippen LogP contribution in [0.25, 0.3) is 0 Å². The van der Waals surface area contributed by atoms with E-state index < -0.39 is 17.5 Å². The lowest BCUT2D eigenvalue weighted by Crippen LogP contribution is -2.50. The highest BCUT2D eigenvalue weighted by molar-refractivity contribution is 6.43. The van der Waals surface area contributed by atoms with Gasteiger partial charge in [-0.05, 0) is 30.3 Å². The van der Waals surface area contributed by atoms with Crippen molar-refractivity contribution in [3.05, 3.63) is 59.9 Å². The van der Waals surface area contributed by atoms with Gasteiger partial charge in [-0.2, -0.15) is 0 Å². The SMILES string of the molecule is COc1ccc(F)cc1C(=O)C(=O)N1CCN(c2ccccc2)CC1. The standard InChI is InChI=1S/C19H19FN2O3/c1-25-17-8-7-14(20)13-16(17)18(23)19(24)22-11-9-21(10-12-22)15-5-3-2-4-6-15/h2-8,13H,9-12H2,1H3. The summed E-state index contributed by atoms with van der Waals surface area (Å²) >= 11 is 0. The molecule has 0 N–H and O–H groups in total. The Morgan fingerprint density at radius 2 is 1.68 bits per heavy atom. The van der Waals surface area contributed by atoms with Crippen molar-refractivity contribution in [1.29, 1.82) is 0 Å². The van der Waals surface area contributed by atoms with Gasteiger partial charge in [0.15, 0.2) is 0 Å². The second kappa shape index (κ2) is 7.34. The minimum Gasteiger partial charge on any atom is -0.496 e. The molecule has 0 unspecified atom stereocenters. The molecule has 1 fully saturated rings. The van der Waals surface area contributed by atoms with Crippen LogP contribution < -0.4 is 9.64 Å². The first-order valence-electron chi connectivity index (χ1n) is 8.07. The number of Topliss-reactive ketones (excluding diaryl/α,β-unsaturated/α-hetero) is 1. The van der Waals surface area contributed by atoms with E-state index in [1.54, 1.807) is 0 Å². The van der Waals surface area contributed by atoms with Gasteiger partial charge in [0.05, 0.1) is 12.7 Å². The van der Waals surface area contributed by atoms with Crippen LogP contribution in [0.2, 0.25) is 0 Å². The van der Waals surface area contributed by atoms with Crippen LogP contribution in [-0.2, 0) is 4.79 Å². The second-order valence-electron chi connectivity index (χ2n) is 5.79. The van der Waals surface area contributed by atoms with Gasteiger partial charge in [-0.25, -0.2) is 4.39 Å². The van der Waals surface area contributed by atoms with E-state index in [1.165, 1.54) is 24.1 Å². The van der Waals surface area contributed by atoms with Gasteiger partial charge in [-0.3, -0.25) is 9.59 Å². The molecule has 1 amide bonds. The lowest BCUT2D eigenvalue weighted by Gasteiger charge is -2.35. The number of nitrogens with zero attached hydrogens (tertiary/aromatic N) is 2. The Balaban J connectivity index is 1.68. The van der Waals surface area contributed by atoms with E-state index in [9.17, 15) is 14.0 Å². The number of benzene rings is 2. The van der Waals surface area contributed by atoms with E-state index in [0.717, 1.165) is 11.8 Å². The lowest BCUT2D eigenvalue weighted by atomic mass is 10.1. The molecule has 5 nitrogen and oxygen atoms in total. The third-order valence-electron chi connectivity index (χ3n) is 4.29. The van der Waals surface area contributed by atoms with Crippen molar-refractivity contribution >= 4 is 17.4 Å². The van der Waals surface area contributed by atoms with Gasteiger partial charge in [0.2, 0.25) is 0 Å². The van der Waals surface area contributed by atoms with E-state index in [4.69, 9.17) is 4.74 Å². The molecule has 1 heterocycles. The zero-order valence-electron chi connectivity index (χ0n) is 13.9. The van der Waals surface area contributed by atoms with E-state index in [0.29, 0.717) is 26.2 Å². The first-order chi connectivity index (χ1) is 12.1. The Hall–Kier alpha value is -2.89. The number of carbonyl (C=O) groups excluding carboxylic acids is 2. The van der Waals surface area contributed by atoms with E-state index in [2.05, 4.69) is 4.90 Å². The largest absolute Gasteiger partial charge is 0.496 e. The molecular formula is C19H19FN2O3. The smallest absolute Gasteiger partial charge is 0.295 e. The van der Waals surface area contributed by atoms with E-state index in [1.807, 2.05) is 30.3 Å². The normalized spacial score (nSPS) is 14.3. The maximum absolute atomic E-state index is 13.4. The molecule has 1 aliphatic rings. The van der Waals surface area contributed by atoms with Crippen LogP contribution in [0.5, 0.6) is 5.75 Å². The number of rotatable bonds is 4. The number of ketones is 1. The molecule has 0 bridgehead atoms. The third-order valence-corrected chi connectivity index (χ3v) is 4.29. The number of halogens is 1. The van der Waals surface area contributed by atoms with Gasteiger partial charge >= 0.3 is 0 Å². The molecule has 1 saturated heterocycles. The molecule has 0 spiro atoms. The summed E-state index contributed by atoms with van der Waals surface area (Å²) in [5, 5.41) is 0. The molecule has 130 valence electrons.